The molecule has 59 heavy (non-hydrogen) atoms. The van der Waals surface area contributed by atoms with Crippen molar-refractivity contribution < 1.29 is 57.1 Å². The Labute approximate surface area is 350 Å². The highest BCUT2D eigenvalue weighted by Crippen LogP contribution is 2.46. The van der Waals surface area contributed by atoms with Gasteiger partial charge in [0.1, 0.15) is 12.3 Å². The molecular formula is C43H70N4O12. The first-order chi connectivity index (χ1) is 27.6. The highest BCUT2D eigenvalue weighted by atomic mass is 16.7. The number of esters is 1. The molecule has 3 rings (SSSR count). The molecule has 4 amide bonds. The van der Waals surface area contributed by atoms with Crippen LogP contribution in [0.4, 0.5) is 9.59 Å². The van der Waals surface area contributed by atoms with Crippen molar-refractivity contribution in [3.63, 3.8) is 0 Å². The van der Waals surface area contributed by atoms with Crippen molar-refractivity contribution in [3.8, 4) is 11.5 Å². The van der Waals surface area contributed by atoms with Gasteiger partial charge in [0, 0.05) is 39.1 Å². The van der Waals surface area contributed by atoms with Gasteiger partial charge >= 0.3 is 18.2 Å². The number of carbonyl (C=O) groups is 5. The van der Waals surface area contributed by atoms with Crippen molar-refractivity contribution in [1.82, 2.24) is 15.5 Å². The minimum absolute atomic E-state index is 0.0370. The second-order valence-corrected chi connectivity index (χ2v) is 18.1. The van der Waals surface area contributed by atoms with Crippen LogP contribution >= 0.6 is 0 Å². The van der Waals surface area contributed by atoms with E-state index >= 15 is 0 Å². The molecule has 16 heteroatoms. The molecule has 2 fully saturated rings. The number of nitrogens with zero attached hydrogens (tertiary/aromatic N) is 1. The average Bonchev–Trinajstić information content (AvgIpc) is 3.85. The van der Waals surface area contributed by atoms with Gasteiger partial charge < -0.3 is 49.5 Å². The number of carbonyl (C=O) groups excluding carboxylic acids is 5. The Bertz CT molecular complexity index is 1570. The third-order valence-corrected chi connectivity index (χ3v) is 11.1. The molecule has 0 radical (unpaired) electrons. The van der Waals surface area contributed by atoms with Gasteiger partial charge in [0.05, 0.1) is 36.7 Å². The van der Waals surface area contributed by atoms with Crippen LogP contribution in [0.25, 0.3) is 0 Å². The quantitative estimate of drug-likeness (QED) is 0.0704. The van der Waals surface area contributed by atoms with E-state index in [1.807, 2.05) is 32.0 Å². The lowest BCUT2D eigenvalue weighted by molar-refractivity contribution is -0.159. The van der Waals surface area contributed by atoms with Gasteiger partial charge in [0.15, 0.2) is 11.5 Å². The summed E-state index contributed by atoms with van der Waals surface area (Å²) in [6.07, 6.45) is 1.28. The van der Waals surface area contributed by atoms with Gasteiger partial charge in [-0.3, -0.25) is 19.3 Å². The fraction of sp³-hybridized carbons (Fsp3) is 0.744. The molecule has 0 bridgehead atoms. The van der Waals surface area contributed by atoms with E-state index in [0.29, 0.717) is 56.8 Å². The van der Waals surface area contributed by atoms with E-state index in [1.54, 1.807) is 48.8 Å². The number of primary amides is 1. The second kappa shape index (κ2) is 21.8. The highest BCUT2D eigenvalue weighted by Gasteiger charge is 2.52. The molecule has 1 heterocycles. The van der Waals surface area contributed by atoms with Crippen LogP contribution in [0.5, 0.6) is 11.5 Å². The highest BCUT2D eigenvalue weighted by molar-refractivity contribution is 5.83. The van der Waals surface area contributed by atoms with E-state index in [2.05, 4.69) is 24.5 Å². The second-order valence-electron chi connectivity index (χ2n) is 18.1. The smallest absolute Gasteiger partial charge is 0.414 e. The molecule has 1 saturated heterocycles. The summed E-state index contributed by atoms with van der Waals surface area (Å²) in [6.45, 7) is 17.1. The molecule has 0 unspecified atom stereocenters. The van der Waals surface area contributed by atoms with Crippen LogP contribution in [0.2, 0.25) is 0 Å². The zero-order valence-electron chi connectivity index (χ0n) is 37.1. The summed E-state index contributed by atoms with van der Waals surface area (Å²) in [6, 6.07) is 5.36. The fourth-order valence-corrected chi connectivity index (χ4v) is 6.81. The first kappa shape index (κ1) is 49.1. The number of methoxy groups -OCH3 is 2. The first-order valence-corrected chi connectivity index (χ1v) is 20.7. The Morgan fingerprint density at radius 2 is 1.63 bits per heavy atom. The molecule has 1 aliphatic carbocycles. The van der Waals surface area contributed by atoms with Crippen molar-refractivity contribution >= 4 is 30.0 Å². The largest absolute Gasteiger partial charge is 0.493 e. The van der Waals surface area contributed by atoms with Crippen LogP contribution in [-0.2, 0) is 44.5 Å². The summed E-state index contributed by atoms with van der Waals surface area (Å²) in [5.41, 5.74) is 4.04. The summed E-state index contributed by atoms with van der Waals surface area (Å²) in [7, 11) is 3.24. The number of alkyl carbamates (subject to hydrolysis) is 1. The van der Waals surface area contributed by atoms with Crippen molar-refractivity contribution in [2.75, 3.05) is 54.0 Å². The average molecular weight is 835 g/mol. The normalized spacial score (nSPS) is 18.5. The lowest BCUT2D eigenvalue weighted by atomic mass is 9.80. The molecule has 0 spiro atoms. The molecule has 4 N–H and O–H groups in total. The Morgan fingerprint density at radius 1 is 0.932 bits per heavy atom. The fourth-order valence-electron chi connectivity index (χ4n) is 6.81. The molecule has 334 valence electrons. The number of hydrogen-bond donors (Lipinski definition) is 3. The van der Waals surface area contributed by atoms with Crippen LogP contribution in [0.3, 0.4) is 0 Å². The SMILES string of the molecule is COCCCOc1cc(C[C@@H](C[C@H]2[C@H](C[C@H](C(=O)NCC(C)(C)C(N)=O)C(C)C)OCN2C(=O)OCOC(=O)C2(CNC(=O)OC(C)(C)C)CC2)C(C)C)ccc1OC. The van der Waals surface area contributed by atoms with Crippen LogP contribution in [-0.4, -0.2) is 107 Å². The van der Waals surface area contributed by atoms with E-state index in [1.165, 1.54) is 4.90 Å². The Morgan fingerprint density at radius 3 is 2.20 bits per heavy atom. The monoisotopic (exact) mass is 834 g/mol. The van der Waals surface area contributed by atoms with Crippen molar-refractivity contribution in [1.29, 1.82) is 0 Å². The summed E-state index contributed by atoms with van der Waals surface area (Å²) < 4.78 is 39.3. The maximum absolute atomic E-state index is 13.8. The predicted octanol–water partition coefficient (Wildman–Crippen LogP) is 5.57. The van der Waals surface area contributed by atoms with Crippen LogP contribution < -0.4 is 25.8 Å². The van der Waals surface area contributed by atoms with E-state index in [-0.39, 0.29) is 43.5 Å². The molecule has 1 aromatic carbocycles. The van der Waals surface area contributed by atoms with Gasteiger partial charge in [0.2, 0.25) is 18.6 Å². The third kappa shape index (κ3) is 15.0. The van der Waals surface area contributed by atoms with Gasteiger partial charge in [-0.25, -0.2) is 9.59 Å². The minimum Gasteiger partial charge on any atom is -0.493 e. The number of amides is 4. The lowest BCUT2D eigenvalue weighted by Crippen LogP contribution is -2.47. The van der Waals surface area contributed by atoms with Gasteiger partial charge in [-0.05, 0) is 102 Å². The van der Waals surface area contributed by atoms with Gasteiger partial charge in [0.25, 0.3) is 0 Å². The topological polar surface area (TPSA) is 203 Å². The Balaban J connectivity index is 1.80. The van der Waals surface area contributed by atoms with E-state index in [0.717, 1.165) is 12.0 Å². The number of rotatable bonds is 23. The minimum atomic E-state index is -0.942. The van der Waals surface area contributed by atoms with Gasteiger partial charge in [-0.2, -0.15) is 0 Å². The molecular weight excluding hydrogens is 764 g/mol. The molecule has 16 nitrogen and oxygen atoms in total. The molecule has 1 aliphatic heterocycles. The van der Waals surface area contributed by atoms with Crippen molar-refractivity contribution in [2.45, 2.75) is 119 Å². The standard InChI is InChI=1S/C43H70N4O12/c1-27(2)30(19-29-13-14-33(54-11)35(20-29)55-18-12-17-53-10)21-32-34(22-31(28(3)4)36(48)45-23-42(8,9)37(44)49)56-25-47(32)40(52)58-26-57-38(50)43(15-16-43)24-46-39(51)59-41(5,6)7/h13-14,20,27-28,30-32,34H,12,15-19,21-26H2,1-11H3,(H2,44,49)(H,45,48)(H,46,51)/t30-,31-,32-,34-/m0/s1. The number of hydrogen-bond acceptors (Lipinski definition) is 12. The van der Waals surface area contributed by atoms with Crippen LogP contribution in [0, 0.1) is 34.5 Å². The summed E-state index contributed by atoms with van der Waals surface area (Å²) in [5.74, 6) is -0.489. The van der Waals surface area contributed by atoms with Crippen molar-refractivity contribution in [3.05, 3.63) is 23.8 Å². The number of ether oxygens (including phenoxy) is 7. The zero-order valence-corrected chi connectivity index (χ0v) is 37.1. The van der Waals surface area contributed by atoms with E-state index < -0.39 is 65.4 Å². The molecule has 4 atom stereocenters. The zero-order chi connectivity index (χ0) is 44.1. The first-order valence-electron chi connectivity index (χ1n) is 20.7. The third-order valence-electron chi connectivity index (χ3n) is 11.1. The maximum atomic E-state index is 13.8. The Kier molecular flexibility index (Phi) is 18.1. The van der Waals surface area contributed by atoms with E-state index in [9.17, 15) is 24.0 Å². The van der Waals surface area contributed by atoms with Gasteiger partial charge in [-0.15, -0.1) is 0 Å². The molecule has 1 saturated carbocycles. The van der Waals surface area contributed by atoms with Crippen LogP contribution in [0.15, 0.2) is 18.2 Å². The summed E-state index contributed by atoms with van der Waals surface area (Å²) in [4.78, 5) is 66.1. The van der Waals surface area contributed by atoms with Gasteiger partial charge in [-0.1, -0.05) is 33.8 Å². The van der Waals surface area contributed by atoms with Crippen LogP contribution in [0.1, 0.15) is 100.0 Å². The Hall–Kier alpha value is -4.31. The number of benzene rings is 1. The number of nitrogens with one attached hydrogen (secondary N) is 2. The number of nitrogens with two attached hydrogens (primary N) is 1. The van der Waals surface area contributed by atoms with E-state index in [4.69, 9.17) is 38.9 Å². The summed E-state index contributed by atoms with van der Waals surface area (Å²) >= 11 is 0. The molecule has 2 aliphatic rings. The van der Waals surface area contributed by atoms with Crippen molar-refractivity contribution in [2.24, 2.45) is 40.2 Å². The predicted molar refractivity (Wildman–Crippen MR) is 219 cm³/mol. The summed E-state index contributed by atoms with van der Waals surface area (Å²) in [5, 5.41) is 5.54. The maximum Gasteiger partial charge on any atom is 0.414 e. The molecule has 1 aromatic rings. The molecule has 0 aromatic heterocycles. The lowest BCUT2D eigenvalue weighted by Gasteiger charge is -2.33.